The van der Waals surface area contributed by atoms with Crippen molar-refractivity contribution in [1.29, 1.82) is 0 Å². The van der Waals surface area contributed by atoms with Crippen molar-refractivity contribution in [1.82, 2.24) is 0 Å². The SMILES string of the molecule is OC[C@H]1O[C@@H](O[C@@H]2[C@@H](O)[C@H](O[C@@H]3[C@@H](O)[C@H](O[C@@H]4[C@@H](O)[C@H](O[C@@H]5[C@@H](O)[C@H](O[C@@H]6[C@@H](O)[C@H](OCCCC7CO7)O[C@H](CO)[C@H]6O)O[C@H](CO)[C@H]5O)O[C@H](CO)[C@H]4O)O[C@H](CO)[C@H]3O)O[C@H](CO)[C@H]2O)[C@H](O)[C@@H](O)[C@@H]1O. The molecule has 7 rings (SSSR count). The van der Waals surface area contributed by atoms with Gasteiger partial charge in [0.2, 0.25) is 0 Å². The van der Waals surface area contributed by atoms with Gasteiger partial charge in [-0.05, 0) is 12.8 Å². The summed E-state index contributed by atoms with van der Waals surface area (Å²) in [6.45, 7) is -5.00. The number of hydrogen-bond donors (Lipinski definition) is 19. The minimum absolute atomic E-state index is 0.0642. The number of aliphatic hydroxyl groups is 19. The first-order valence-electron chi connectivity index (χ1n) is 23.8. The molecule has 32 heteroatoms. The van der Waals surface area contributed by atoms with Gasteiger partial charge in [0.15, 0.2) is 37.7 Å². The molecule has 7 heterocycles. The molecule has 31 atom stereocenters. The second kappa shape index (κ2) is 26.1. The molecule has 0 radical (unpaired) electrons. The molecule has 426 valence electrons. The third kappa shape index (κ3) is 12.9. The second-order valence-electron chi connectivity index (χ2n) is 18.7. The molecule has 7 aliphatic heterocycles. The van der Waals surface area contributed by atoms with Crippen LogP contribution in [0.3, 0.4) is 0 Å². The Morgan fingerprint density at radius 3 is 0.822 bits per heavy atom. The van der Waals surface area contributed by atoms with Crippen molar-refractivity contribution in [2.75, 3.05) is 52.9 Å². The number of epoxide rings is 1. The number of aliphatic hydroxyl groups excluding tert-OH is 19. The van der Waals surface area contributed by atoms with Gasteiger partial charge >= 0.3 is 0 Å². The van der Waals surface area contributed by atoms with Crippen LogP contribution >= 0.6 is 0 Å². The topological polar surface area (TPSA) is 508 Å². The van der Waals surface area contributed by atoms with Crippen LogP contribution in [0.5, 0.6) is 0 Å². The summed E-state index contributed by atoms with van der Waals surface area (Å²) in [6.07, 6.45) is -56.1. The third-order valence-corrected chi connectivity index (χ3v) is 13.8. The first-order valence-corrected chi connectivity index (χ1v) is 23.8. The van der Waals surface area contributed by atoms with Crippen molar-refractivity contribution in [3.05, 3.63) is 0 Å². The fourth-order valence-electron chi connectivity index (χ4n) is 9.36. The maximum atomic E-state index is 11.7. The van der Waals surface area contributed by atoms with Crippen LogP contribution in [0.15, 0.2) is 0 Å². The predicted molar refractivity (Wildman–Crippen MR) is 222 cm³/mol. The van der Waals surface area contributed by atoms with E-state index in [-0.39, 0.29) is 12.7 Å². The van der Waals surface area contributed by atoms with Crippen LogP contribution < -0.4 is 0 Å². The van der Waals surface area contributed by atoms with Crippen molar-refractivity contribution in [2.24, 2.45) is 0 Å². The highest BCUT2D eigenvalue weighted by molar-refractivity contribution is 5.00. The number of ether oxygens (including phenoxy) is 13. The molecular formula is C41H70O32. The van der Waals surface area contributed by atoms with Gasteiger partial charge in [0.25, 0.3) is 0 Å². The molecule has 0 spiro atoms. The van der Waals surface area contributed by atoms with Crippen LogP contribution in [0.2, 0.25) is 0 Å². The minimum atomic E-state index is -2.25. The first kappa shape index (κ1) is 59.4. The Labute approximate surface area is 414 Å². The van der Waals surface area contributed by atoms with E-state index < -0.39 is 224 Å². The maximum Gasteiger partial charge on any atom is 0.187 e. The third-order valence-electron chi connectivity index (χ3n) is 13.8. The molecule has 0 bridgehead atoms. The molecule has 73 heavy (non-hydrogen) atoms. The Bertz CT molecular complexity index is 1660. The fourth-order valence-corrected chi connectivity index (χ4v) is 9.36. The van der Waals surface area contributed by atoms with E-state index in [4.69, 9.17) is 61.6 Å². The van der Waals surface area contributed by atoms with E-state index in [1.165, 1.54) is 0 Å². The van der Waals surface area contributed by atoms with Gasteiger partial charge in [-0.3, -0.25) is 0 Å². The Balaban J connectivity index is 1.05. The van der Waals surface area contributed by atoms with E-state index in [2.05, 4.69) is 0 Å². The Hall–Kier alpha value is -1.28. The first-order chi connectivity index (χ1) is 34.8. The lowest BCUT2D eigenvalue weighted by atomic mass is 9.95. The number of hydrogen-bond acceptors (Lipinski definition) is 32. The summed E-state index contributed by atoms with van der Waals surface area (Å²) in [5.41, 5.74) is 0. The lowest BCUT2D eigenvalue weighted by Crippen LogP contribution is -2.68. The molecule has 0 amide bonds. The molecular weight excluding hydrogens is 1000 g/mol. The second-order valence-corrected chi connectivity index (χ2v) is 18.7. The average molecular weight is 1070 g/mol. The van der Waals surface area contributed by atoms with Crippen LogP contribution in [0.25, 0.3) is 0 Å². The quantitative estimate of drug-likeness (QED) is 0.0375. The summed E-state index contributed by atoms with van der Waals surface area (Å²) in [7, 11) is 0. The zero-order valence-corrected chi connectivity index (χ0v) is 38.8. The molecule has 7 aliphatic rings. The largest absolute Gasteiger partial charge is 0.394 e. The lowest BCUT2D eigenvalue weighted by molar-refractivity contribution is -0.398. The molecule has 0 aromatic carbocycles. The van der Waals surface area contributed by atoms with Crippen LogP contribution in [0.4, 0.5) is 0 Å². The van der Waals surface area contributed by atoms with Gasteiger partial charge in [0.05, 0.1) is 52.4 Å². The average Bonchev–Trinajstić information content (AvgIpc) is 4.22. The van der Waals surface area contributed by atoms with Crippen LogP contribution in [-0.2, 0) is 61.6 Å². The monoisotopic (exact) mass is 1070 g/mol. The maximum absolute atomic E-state index is 11.7. The van der Waals surface area contributed by atoms with E-state index in [1.807, 2.05) is 0 Å². The van der Waals surface area contributed by atoms with Crippen LogP contribution in [-0.4, -0.2) is 340 Å². The molecule has 0 aromatic rings. The smallest absolute Gasteiger partial charge is 0.187 e. The predicted octanol–water partition coefficient (Wildman–Crippen LogP) is -12.9. The number of rotatable bonds is 21. The molecule has 1 unspecified atom stereocenters. The van der Waals surface area contributed by atoms with E-state index in [0.717, 1.165) is 0 Å². The van der Waals surface area contributed by atoms with E-state index in [1.54, 1.807) is 0 Å². The van der Waals surface area contributed by atoms with Gasteiger partial charge in [-0.25, -0.2) is 0 Å². The summed E-state index contributed by atoms with van der Waals surface area (Å²) < 4.78 is 72.7. The van der Waals surface area contributed by atoms with E-state index >= 15 is 0 Å². The van der Waals surface area contributed by atoms with Gasteiger partial charge in [-0.2, -0.15) is 0 Å². The highest BCUT2D eigenvalue weighted by atomic mass is 16.8. The summed E-state index contributed by atoms with van der Waals surface area (Å²) in [4.78, 5) is 0. The Morgan fingerprint density at radius 1 is 0.301 bits per heavy atom. The molecule has 7 fully saturated rings. The van der Waals surface area contributed by atoms with Gasteiger partial charge in [0, 0.05) is 6.61 Å². The highest BCUT2D eigenvalue weighted by Gasteiger charge is 2.58. The van der Waals surface area contributed by atoms with Crippen molar-refractivity contribution in [3.8, 4) is 0 Å². The standard InChI is InChI=1S/C41H70O32/c42-4-12-18(48)24(54)25(55)37(64-12)69-32-20(50)14(6-44)66-39(27(32)57)71-34-22(52)16(8-46)68-41(29(34)59)73-35-23(53)17(9-47)67-40(30(35)60)72-33-21(51)15(7-45)65-38(28(33)58)70-31-19(49)13(5-43)63-36(26(31)56)61-3-1-2-11-10-62-11/h11-60H,1-10H2/t11?,12-,13-,14-,15-,16-,17-,18-,19-,20-,21-,22-,23-,24+,25-,26-,27-,28-,29-,30-,31+,32+,33+,34+,35+,36-,37+,38+,39+,40+,41+/m1/s1. The van der Waals surface area contributed by atoms with Gasteiger partial charge in [-0.15, -0.1) is 0 Å². The lowest BCUT2D eigenvalue weighted by Gasteiger charge is -2.50. The van der Waals surface area contributed by atoms with E-state index in [9.17, 15) is 97.0 Å². The van der Waals surface area contributed by atoms with Gasteiger partial charge in [0.1, 0.15) is 146 Å². The molecule has 19 N–H and O–H groups in total. The molecule has 7 saturated heterocycles. The van der Waals surface area contributed by atoms with Gasteiger partial charge in [-0.1, -0.05) is 0 Å². The molecule has 0 saturated carbocycles. The molecule has 32 nitrogen and oxygen atoms in total. The van der Waals surface area contributed by atoms with Crippen molar-refractivity contribution in [2.45, 2.75) is 203 Å². The Kier molecular flexibility index (Phi) is 21.2. The van der Waals surface area contributed by atoms with Crippen molar-refractivity contribution < 1.29 is 159 Å². The molecule has 0 aliphatic carbocycles. The van der Waals surface area contributed by atoms with Crippen LogP contribution in [0.1, 0.15) is 12.8 Å². The highest BCUT2D eigenvalue weighted by Crippen LogP contribution is 2.37. The zero-order chi connectivity index (χ0) is 53.2. The Morgan fingerprint density at radius 2 is 0.548 bits per heavy atom. The van der Waals surface area contributed by atoms with E-state index in [0.29, 0.717) is 19.4 Å². The summed E-state index contributed by atoms with van der Waals surface area (Å²) in [5, 5.41) is 204. The fraction of sp³-hybridized carbons (Fsp3) is 1.00. The normalized spacial score (nSPS) is 51.7. The summed E-state index contributed by atoms with van der Waals surface area (Å²) in [5.74, 6) is 0. The van der Waals surface area contributed by atoms with Crippen molar-refractivity contribution in [3.63, 3.8) is 0 Å². The van der Waals surface area contributed by atoms with Crippen LogP contribution in [0, 0.1) is 0 Å². The van der Waals surface area contributed by atoms with Gasteiger partial charge < -0.3 is 159 Å². The summed E-state index contributed by atoms with van der Waals surface area (Å²) in [6, 6.07) is 0. The minimum Gasteiger partial charge on any atom is -0.394 e. The van der Waals surface area contributed by atoms with Crippen molar-refractivity contribution >= 4 is 0 Å². The summed E-state index contributed by atoms with van der Waals surface area (Å²) >= 11 is 0. The molecule has 0 aromatic heterocycles. The zero-order valence-electron chi connectivity index (χ0n) is 38.8.